The van der Waals surface area contributed by atoms with Crippen LogP contribution < -0.4 is 4.74 Å². The molecule has 2 unspecified atom stereocenters. The number of benzene rings is 2. The number of piperidine rings is 1. The Bertz CT molecular complexity index is 1180. The minimum atomic E-state index is -1.03. The number of fused-ring (bicyclic) bond motifs is 1. The lowest BCUT2D eigenvalue weighted by Gasteiger charge is -2.38. The van der Waals surface area contributed by atoms with Crippen molar-refractivity contribution < 1.29 is 29.3 Å². The zero-order valence-electron chi connectivity index (χ0n) is 18.9. The third-order valence-corrected chi connectivity index (χ3v) is 6.42. The van der Waals surface area contributed by atoms with E-state index in [1.807, 2.05) is 31.2 Å². The van der Waals surface area contributed by atoms with Crippen molar-refractivity contribution in [3.8, 4) is 5.75 Å². The van der Waals surface area contributed by atoms with E-state index in [0.717, 1.165) is 22.1 Å². The number of hydrogen-bond acceptors (Lipinski definition) is 6. The topological polar surface area (TPSA) is 101 Å². The van der Waals surface area contributed by atoms with Gasteiger partial charge in [0.15, 0.2) is 0 Å². The summed E-state index contributed by atoms with van der Waals surface area (Å²) in [6.07, 6.45) is 1.31. The number of carbonyl (C=O) groups excluding carboxylic acids is 1. The van der Waals surface area contributed by atoms with Gasteiger partial charge in [-0.05, 0) is 55.2 Å². The second-order valence-electron chi connectivity index (χ2n) is 8.38. The van der Waals surface area contributed by atoms with Crippen molar-refractivity contribution in [3.63, 3.8) is 0 Å². The van der Waals surface area contributed by atoms with E-state index in [9.17, 15) is 19.8 Å². The number of carboxylic acid groups (broad SMARTS) is 1. The summed E-state index contributed by atoms with van der Waals surface area (Å²) in [7, 11) is 2.96. The normalized spacial score (nSPS) is 18.9. The third kappa shape index (κ3) is 4.31. The zero-order valence-corrected chi connectivity index (χ0v) is 18.9. The van der Waals surface area contributed by atoms with E-state index in [1.54, 1.807) is 25.4 Å². The van der Waals surface area contributed by atoms with E-state index in [4.69, 9.17) is 9.47 Å². The van der Waals surface area contributed by atoms with Crippen molar-refractivity contribution in [1.29, 1.82) is 0 Å². The van der Waals surface area contributed by atoms with Gasteiger partial charge in [0.2, 0.25) is 0 Å². The fraction of sp³-hybridized carbons (Fsp3) is 0.360. The molecular formula is C25H28N2O6. The molecule has 0 spiro atoms. The van der Waals surface area contributed by atoms with Gasteiger partial charge in [0.1, 0.15) is 5.75 Å². The maximum absolute atomic E-state index is 11.8. The van der Waals surface area contributed by atoms with E-state index < -0.39 is 18.2 Å². The van der Waals surface area contributed by atoms with Gasteiger partial charge in [-0.25, -0.2) is 9.59 Å². The Morgan fingerprint density at radius 2 is 1.88 bits per heavy atom. The molecule has 0 bridgehead atoms. The van der Waals surface area contributed by atoms with Crippen LogP contribution in [0.5, 0.6) is 5.75 Å². The van der Waals surface area contributed by atoms with Crippen LogP contribution in [0.3, 0.4) is 0 Å². The van der Waals surface area contributed by atoms with Crippen LogP contribution >= 0.6 is 0 Å². The average Bonchev–Trinajstić information content (AvgIpc) is 3.27. The highest BCUT2D eigenvalue weighted by Gasteiger charge is 2.30. The molecule has 0 amide bonds. The Labute approximate surface area is 191 Å². The molecule has 2 aromatic carbocycles. The number of rotatable bonds is 5. The maximum Gasteiger partial charge on any atom is 0.416 e. The number of aryl methyl sites for hydroxylation is 1. The monoisotopic (exact) mass is 452 g/mol. The third-order valence-electron chi connectivity index (χ3n) is 6.42. The Hall–Kier alpha value is -3.36. The van der Waals surface area contributed by atoms with Gasteiger partial charge in [0.05, 0.1) is 31.4 Å². The van der Waals surface area contributed by atoms with Crippen molar-refractivity contribution in [2.45, 2.75) is 38.5 Å². The molecule has 1 saturated heterocycles. The molecule has 1 fully saturated rings. The van der Waals surface area contributed by atoms with E-state index in [0.29, 0.717) is 42.8 Å². The standard InChI is InChI=1S/C25H28N2O6/c1-15-12-22(32-2)20(19-9-11-27(23(15)19)25(30)31)14-26-10-8-18(28)13-21(26)16-4-6-17(7-5-16)24(29)33-3/h4-7,9,11-12,18,21,28H,8,10,13-14H2,1-3H3,(H,30,31). The number of aliphatic hydroxyl groups is 1. The van der Waals surface area contributed by atoms with Gasteiger partial charge in [0, 0.05) is 36.3 Å². The summed E-state index contributed by atoms with van der Waals surface area (Å²) in [4.78, 5) is 25.8. The van der Waals surface area contributed by atoms with Crippen LogP contribution in [0, 0.1) is 6.92 Å². The van der Waals surface area contributed by atoms with Crippen molar-refractivity contribution in [2.24, 2.45) is 0 Å². The van der Waals surface area contributed by atoms with Crippen molar-refractivity contribution in [1.82, 2.24) is 9.47 Å². The molecule has 3 aromatic rings. The fourth-order valence-corrected chi connectivity index (χ4v) is 4.76. The lowest BCUT2D eigenvalue weighted by Crippen LogP contribution is -2.38. The predicted molar refractivity (Wildman–Crippen MR) is 123 cm³/mol. The summed E-state index contributed by atoms with van der Waals surface area (Å²) in [6, 6.07) is 10.9. The highest BCUT2D eigenvalue weighted by atomic mass is 16.5. The molecule has 1 aliphatic heterocycles. The van der Waals surface area contributed by atoms with Crippen molar-refractivity contribution >= 4 is 23.0 Å². The first-order chi connectivity index (χ1) is 15.8. The molecular weight excluding hydrogens is 424 g/mol. The summed E-state index contributed by atoms with van der Waals surface area (Å²) >= 11 is 0. The van der Waals surface area contributed by atoms with Crippen LogP contribution in [-0.4, -0.2) is 58.6 Å². The van der Waals surface area contributed by atoms with Gasteiger partial charge < -0.3 is 19.7 Å². The summed E-state index contributed by atoms with van der Waals surface area (Å²) in [5, 5.41) is 20.8. The van der Waals surface area contributed by atoms with Gasteiger partial charge in [-0.15, -0.1) is 0 Å². The van der Waals surface area contributed by atoms with Crippen LogP contribution in [0.25, 0.3) is 10.9 Å². The van der Waals surface area contributed by atoms with Gasteiger partial charge in [-0.2, -0.15) is 0 Å². The molecule has 4 rings (SSSR count). The molecule has 33 heavy (non-hydrogen) atoms. The first-order valence-corrected chi connectivity index (χ1v) is 10.8. The zero-order chi connectivity index (χ0) is 23.7. The average molecular weight is 453 g/mol. The number of carbonyl (C=O) groups is 2. The van der Waals surface area contributed by atoms with Crippen LogP contribution in [-0.2, 0) is 11.3 Å². The van der Waals surface area contributed by atoms with Crippen LogP contribution in [0.2, 0.25) is 0 Å². The van der Waals surface area contributed by atoms with Gasteiger partial charge in [-0.3, -0.25) is 9.47 Å². The van der Waals surface area contributed by atoms with Crippen LogP contribution in [0.15, 0.2) is 42.6 Å². The first-order valence-electron chi connectivity index (χ1n) is 10.8. The molecule has 0 saturated carbocycles. The molecule has 0 aliphatic carbocycles. The number of likely N-dealkylation sites (tertiary alicyclic amines) is 1. The number of aliphatic hydroxyl groups excluding tert-OH is 1. The van der Waals surface area contributed by atoms with E-state index in [-0.39, 0.29) is 6.04 Å². The molecule has 8 heteroatoms. The lowest BCUT2D eigenvalue weighted by atomic mass is 9.91. The van der Waals surface area contributed by atoms with Gasteiger partial charge in [0.25, 0.3) is 0 Å². The second-order valence-corrected chi connectivity index (χ2v) is 8.38. The summed E-state index contributed by atoms with van der Waals surface area (Å²) in [5.41, 5.74) is 3.84. The Morgan fingerprint density at radius 3 is 2.52 bits per heavy atom. The fourth-order valence-electron chi connectivity index (χ4n) is 4.76. The SMILES string of the molecule is COC(=O)c1ccc(C2CC(O)CCN2Cc2c(OC)cc(C)c3c2ccn3C(=O)O)cc1. The Kier molecular flexibility index (Phi) is 6.40. The van der Waals surface area contributed by atoms with E-state index in [1.165, 1.54) is 11.7 Å². The summed E-state index contributed by atoms with van der Waals surface area (Å²) in [5.74, 6) is 0.311. The number of esters is 1. The van der Waals surface area contributed by atoms with Gasteiger partial charge in [-0.1, -0.05) is 12.1 Å². The van der Waals surface area contributed by atoms with Gasteiger partial charge >= 0.3 is 12.1 Å². The van der Waals surface area contributed by atoms with Crippen LogP contribution in [0.1, 0.15) is 45.9 Å². The van der Waals surface area contributed by atoms with Crippen molar-refractivity contribution in [3.05, 3.63) is 64.8 Å². The van der Waals surface area contributed by atoms with Crippen molar-refractivity contribution in [2.75, 3.05) is 20.8 Å². The molecule has 2 heterocycles. The first kappa shape index (κ1) is 22.8. The lowest BCUT2D eigenvalue weighted by molar-refractivity contribution is 0.0362. The quantitative estimate of drug-likeness (QED) is 0.565. The smallest absolute Gasteiger partial charge is 0.416 e. The minimum absolute atomic E-state index is 0.0666. The summed E-state index contributed by atoms with van der Waals surface area (Å²) < 4.78 is 11.7. The number of ether oxygens (including phenoxy) is 2. The van der Waals surface area contributed by atoms with Crippen LogP contribution in [0.4, 0.5) is 4.79 Å². The Morgan fingerprint density at radius 1 is 1.15 bits per heavy atom. The molecule has 1 aromatic heterocycles. The van der Waals surface area contributed by atoms with E-state index in [2.05, 4.69) is 4.90 Å². The highest BCUT2D eigenvalue weighted by molar-refractivity contribution is 5.94. The highest BCUT2D eigenvalue weighted by Crippen LogP contribution is 2.38. The number of aromatic nitrogens is 1. The molecule has 8 nitrogen and oxygen atoms in total. The largest absolute Gasteiger partial charge is 0.496 e. The molecule has 2 atom stereocenters. The molecule has 174 valence electrons. The van der Waals surface area contributed by atoms with E-state index >= 15 is 0 Å². The molecule has 1 aliphatic rings. The Balaban J connectivity index is 1.73. The molecule has 0 radical (unpaired) electrons. The molecule has 2 N–H and O–H groups in total. The predicted octanol–water partition coefficient (Wildman–Crippen LogP) is 3.97. The number of nitrogens with zero attached hydrogens (tertiary/aromatic N) is 2. The number of hydrogen-bond donors (Lipinski definition) is 2. The second kappa shape index (κ2) is 9.25. The minimum Gasteiger partial charge on any atom is -0.496 e. The maximum atomic E-state index is 11.8. The number of methoxy groups -OCH3 is 2. The summed E-state index contributed by atoms with van der Waals surface area (Å²) in [6.45, 7) is 3.07.